The van der Waals surface area contributed by atoms with Gasteiger partial charge < -0.3 is 14.2 Å². The van der Waals surface area contributed by atoms with E-state index in [-0.39, 0.29) is 6.61 Å². The van der Waals surface area contributed by atoms with Gasteiger partial charge in [0.2, 0.25) is 0 Å². The Morgan fingerprint density at radius 3 is 2.65 bits per heavy atom. The lowest BCUT2D eigenvalue weighted by Gasteiger charge is -2.09. The summed E-state index contributed by atoms with van der Waals surface area (Å²) in [7, 11) is 3.05. The summed E-state index contributed by atoms with van der Waals surface area (Å²) < 4.78 is 15.2. The summed E-state index contributed by atoms with van der Waals surface area (Å²) in [5.41, 5.74) is 0.387. The van der Waals surface area contributed by atoms with Crippen molar-refractivity contribution in [2.45, 2.75) is 6.92 Å². The minimum Gasteiger partial charge on any atom is -0.497 e. The number of esters is 1. The topological polar surface area (TPSA) is 44.8 Å². The molecule has 0 unspecified atom stereocenters. The zero-order valence-corrected chi connectivity index (χ0v) is 10.2. The first kappa shape index (κ1) is 13.1. The molecule has 0 aliphatic rings. The van der Waals surface area contributed by atoms with Crippen LogP contribution >= 0.6 is 0 Å². The van der Waals surface area contributed by atoms with Crippen molar-refractivity contribution in [1.82, 2.24) is 0 Å². The number of ether oxygens (including phenoxy) is 3. The molecule has 0 saturated carbocycles. The van der Waals surface area contributed by atoms with Crippen molar-refractivity contribution < 1.29 is 19.0 Å². The van der Waals surface area contributed by atoms with Crippen LogP contribution in [0.2, 0.25) is 0 Å². The van der Waals surface area contributed by atoms with Gasteiger partial charge >= 0.3 is 5.97 Å². The Labute approximate surface area is 101 Å². The van der Waals surface area contributed by atoms with Crippen molar-refractivity contribution in [2.75, 3.05) is 20.8 Å². The van der Waals surface area contributed by atoms with Gasteiger partial charge in [0.25, 0.3) is 0 Å². The second-order valence-corrected chi connectivity index (χ2v) is 3.23. The Balaban J connectivity index is 2.85. The molecule has 0 aliphatic heterocycles. The summed E-state index contributed by atoms with van der Waals surface area (Å²) in [6.45, 7) is 2.12. The number of carbonyl (C=O) groups excluding carboxylic acids is 1. The molecular weight excluding hydrogens is 220 g/mol. The summed E-state index contributed by atoms with van der Waals surface area (Å²) in [4.78, 5) is 11.7. The van der Waals surface area contributed by atoms with Gasteiger partial charge in [-0.15, -0.1) is 0 Å². The molecule has 92 valence electrons. The molecule has 4 nitrogen and oxygen atoms in total. The number of allylic oxidation sites excluding steroid dienone is 1. The van der Waals surface area contributed by atoms with Gasteiger partial charge in [-0.1, -0.05) is 12.2 Å². The first-order valence-electron chi connectivity index (χ1n) is 5.23. The SMILES string of the molecule is C/C=C/COC(=O)c1ccc(OC)cc1OC. The summed E-state index contributed by atoms with van der Waals surface area (Å²) in [5.74, 6) is 0.657. The highest BCUT2D eigenvalue weighted by molar-refractivity contribution is 5.92. The van der Waals surface area contributed by atoms with E-state index in [4.69, 9.17) is 14.2 Å². The molecule has 0 bridgehead atoms. The predicted molar refractivity (Wildman–Crippen MR) is 64.6 cm³/mol. The Morgan fingerprint density at radius 1 is 1.29 bits per heavy atom. The molecule has 17 heavy (non-hydrogen) atoms. The Kier molecular flexibility index (Phi) is 5.07. The number of methoxy groups -OCH3 is 2. The van der Waals surface area contributed by atoms with Crippen LogP contribution in [-0.2, 0) is 4.74 Å². The van der Waals surface area contributed by atoms with Gasteiger partial charge in [0.1, 0.15) is 23.7 Å². The third-order valence-electron chi connectivity index (χ3n) is 2.17. The van der Waals surface area contributed by atoms with Crippen molar-refractivity contribution in [3.05, 3.63) is 35.9 Å². The molecule has 0 saturated heterocycles. The molecule has 1 aromatic rings. The Hall–Kier alpha value is -1.97. The summed E-state index contributed by atoms with van der Waals surface area (Å²) >= 11 is 0. The molecule has 0 N–H and O–H groups in total. The van der Waals surface area contributed by atoms with E-state index >= 15 is 0 Å². The molecule has 0 fully saturated rings. The highest BCUT2D eigenvalue weighted by atomic mass is 16.5. The van der Waals surface area contributed by atoms with Crippen LogP contribution in [0.25, 0.3) is 0 Å². The van der Waals surface area contributed by atoms with E-state index in [1.165, 1.54) is 7.11 Å². The molecule has 0 amide bonds. The van der Waals surface area contributed by atoms with Crippen LogP contribution in [-0.4, -0.2) is 26.8 Å². The first-order valence-corrected chi connectivity index (χ1v) is 5.23. The van der Waals surface area contributed by atoms with Crippen molar-refractivity contribution in [3.63, 3.8) is 0 Å². The van der Waals surface area contributed by atoms with E-state index in [1.54, 1.807) is 31.4 Å². The van der Waals surface area contributed by atoms with E-state index in [9.17, 15) is 4.79 Å². The average molecular weight is 236 g/mol. The first-order chi connectivity index (χ1) is 8.22. The van der Waals surface area contributed by atoms with E-state index in [1.807, 2.05) is 13.0 Å². The third-order valence-corrected chi connectivity index (χ3v) is 2.17. The molecule has 0 spiro atoms. The largest absolute Gasteiger partial charge is 0.497 e. The fourth-order valence-corrected chi connectivity index (χ4v) is 1.26. The Morgan fingerprint density at radius 2 is 2.06 bits per heavy atom. The van der Waals surface area contributed by atoms with Crippen LogP contribution in [0.3, 0.4) is 0 Å². The van der Waals surface area contributed by atoms with Crippen LogP contribution in [0.4, 0.5) is 0 Å². The molecule has 1 rings (SSSR count). The van der Waals surface area contributed by atoms with Gasteiger partial charge in [-0.2, -0.15) is 0 Å². The van der Waals surface area contributed by atoms with Gasteiger partial charge in [-0.25, -0.2) is 4.79 Å². The fraction of sp³-hybridized carbons (Fsp3) is 0.308. The minimum atomic E-state index is -0.414. The number of benzene rings is 1. The van der Waals surface area contributed by atoms with Crippen LogP contribution in [0.5, 0.6) is 11.5 Å². The van der Waals surface area contributed by atoms with Crippen molar-refractivity contribution in [1.29, 1.82) is 0 Å². The molecule has 0 atom stereocenters. The quantitative estimate of drug-likeness (QED) is 0.582. The second-order valence-electron chi connectivity index (χ2n) is 3.23. The maximum Gasteiger partial charge on any atom is 0.342 e. The van der Waals surface area contributed by atoms with Crippen LogP contribution in [0.1, 0.15) is 17.3 Å². The third kappa shape index (κ3) is 3.52. The van der Waals surface area contributed by atoms with Crippen molar-refractivity contribution in [3.8, 4) is 11.5 Å². The maximum absolute atomic E-state index is 11.7. The number of carbonyl (C=O) groups is 1. The summed E-state index contributed by atoms with van der Waals surface area (Å²) in [5, 5.41) is 0. The monoisotopic (exact) mass is 236 g/mol. The lowest BCUT2D eigenvalue weighted by molar-refractivity contribution is 0.0546. The van der Waals surface area contributed by atoms with Crippen LogP contribution in [0.15, 0.2) is 30.4 Å². The van der Waals surface area contributed by atoms with Gasteiger partial charge in [0, 0.05) is 6.07 Å². The zero-order chi connectivity index (χ0) is 12.7. The van der Waals surface area contributed by atoms with Gasteiger partial charge in [0.05, 0.1) is 14.2 Å². The van der Waals surface area contributed by atoms with Crippen LogP contribution < -0.4 is 9.47 Å². The van der Waals surface area contributed by atoms with E-state index in [0.717, 1.165) is 0 Å². The van der Waals surface area contributed by atoms with Gasteiger partial charge in [-0.05, 0) is 19.1 Å². The van der Waals surface area contributed by atoms with E-state index < -0.39 is 5.97 Å². The van der Waals surface area contributed by atoms with Gasteiger partial charge in [-0.3, -0.25) is 0 Å². The second kappa shape index (κ2) is 6.58. The molecule has 0 radical (unpaired) electrons. The Bertz CT molecular complexity index is 410. The molecule has 4 heteroatoms. The number of rotatable bonds is 5. The summed E-state index contributed by atoms with van der Waals surface area (Å²) in [6, 6.07) is 4.96. The lowest BCUT2D eigenvalue weighted by atomic mass is 10.2. The molecular formula is C13H16O4. The smallest absolute Gasteiger partial charge is 0.342 e. The molecule has 0 heterocycles. The van der Waals surface area contributed by atoms with Gasteiger partial charge in [0.15, 0.2) is 0 Å². The fourth-order valence-electron chi connectivity index (χ4n) is 1.26. The number of hydrogen-bond acceptors (Lipinski definition) is 4. The minimum absolute atomic E-state index is 0.254. The maximum atomic E-state index is 11.7. The van der Waals surface area contributed by atoms with E-state index in [2.05, 4.69) is 0 Å². The highest BCUT2D eigenvalue weighted by Crippen LogP contribution is 2.25. The summed E-state index contributed by atoms with van der Waals surface area (Å²) in [6.07, 6.45) is 3.58. The van der Waals surface area contributed by atoms with Crippen LogP contribution in [0, 0.1) is 0 Å². The predicted octanol–water partition coefficient (Wildman–Crippen LogP) is 2.44. The molecule has 0 aliphatic carbocycles. The molecule has 0 aromatic heterocycles. The lowest BCUT2D eigenvalue weighted by Crippen LogP contribution is -2.07. The zero-order valence-electron chi connectivity index (χ0n) is 10.2. The van der Waals surface area contributed by atoms with E-state index in [0.29, 0.717) is 17.1 Å². The number of hydrogen-bond donors (Lipinski definition) is 0. The standard InChI is InChI=1S/C13H16O4/c1-4-5-8-17-13(14)11-7-6-10(15-2)9-12(11)16-3/h4-7,9H,8H2,1-3H3/b5-4+. The van der Waals surface area contributed by atoms with Crippen molar-refractivity contribution in [2.24, 2.45) is 0 Å². The van der Waals surface area contributed by atoms with Crippen molar-refractivity contribution >= 4 is 5.97 Å². The average Bonchev–Trinajstić information content (AvgIpc) is 2.38. The highest BCUT2D eigenvalue weighted by Gasteiger charge is 2.13. The normalized spacial score (nSPS) is 10.3. The molecule has 1 aromatic carbocycles.